The van der Waals surface area contributed by atoms with Crippen molar-refractivity contribution in [2.45, 2.75) is 59.2 Å². The molecule has 6 nitrogen and oxygen atoms in total. The van der Waals surface area contributed by atoms with Crippen LogP contribution in [0.4, 0.5) is 5.69 Å². The third-order valence-corrected chi connectivity index (χ3v) is 7.31. The first kappa shape index (κ1) is 20.9. The molecule has 3 aliphatic heterocycles. The van der Waals surface area contributed by atoms with E-state index in [2.05, 4.69) is 4.98 Å². The zero-order chi connectivity index (χ0) is 22.9. The van der Waals surface area contributed by atoms with Crippen LogP contribution in [0.1, 0.15) is 46.6 Å². The van der Waals surface area contributed by atoms with Crippen LogP contribution >= 0.6 is 0 Å². The fraction of sp³-hybridized carbons (Fsp3) is 0.462. The molecule has 0 spiro atoms. The summed E-state index contributed by atoms with van der Waals surface area (Å²) in [5, 5.41) is 0.971. The fourth-order valence-electron chi connectivity index (χ4n) is 5.56. The van der Waals surface area contributed by atoms with Crippen molar-refractivity contribution in [3.05, 3.63) is 42.1 Å². The van der Waals surface area contributed by atoms with Crippen LogP contribution in [0.3, 0.4) is 0 Å². The molecular weight excluding hydrogens is 402 g/mol. The maximum atomic E-state index is 13.8. The van der Waals surface area contributed by atoms with Gasteiger partial charge in [-0.25, -0.2) is 0 Å². The molecule has 32 heavy (non-hydrogen) atoms. The minimum Gasteiger partial charge on any atom is -0.351 e. The summed E-state index contributed by atoms with van der Waals surface area (Å²) in [6.07, 6.45) is 6.44. The summed E-state index contributed by atoms with van der Waals surface area (Å²) in [5.74, 6) is -1.63. The molecule has 6 heteroatoms. The van der Waals surface area contributed by atoms with E-state index in [1.54, 1.807) is 6.20 Å². The first-order chi connectivity index (χ1) is 15.2. The van der Waals surface area contributed by atoms with Crippen LogP contribution in [-0.4, -0.2) is 45.6 Å². The molecule has 2 amide bonds. The molecule has 3 aliphatic rings. The number of carbonyl (C=O) groups is 3. The van der Waals surface area contributed by atoms with Gasteiger partial charge in [0.2, 0.25) is 11.8 Å². The SMILES string of the molecule is CC[C@H](C)N1C(=O)[C@@H]2[C@H](C1=O)[C@@H](C(=O)C(C)(C)C)N1c3c(ccc4cccnc34)C=C[C@H]21. The van der Waals surface area contributed by atoms with E-state index >= 15 is 0 Å². The highest BCUT2D eigenvalue weighted by Gasteiger charge is 2.65. The normalized spacial score (nSPS) is 27.5. The first-order valence-corrected chi connectivity index (χ1v) is 11.4. The third-order valence-electron chi connectivity index (χ3n) is 7.31. The van der Waals surface area contributed by atoms with Gasteiger partial charge in [-0.1, -0.05) is 58.0 Å². The Hall–Kier alpha value is -3.02. The van der Waals surface area contributed by atoms with E-state index in [9.17, 15) is 14.4 Å². The summed E-state index contributed by atoms with van der Waals surface area (Å²) in [5.41, 5.74) is 1.95. The molecule has 0 N–H and O–H groups in total. The molecule has 2 aromatic rings. The van der Waals surface area contributed by atoms with Crippen molar-refractivity contribution >= 4 is 40.3 Å². The summed E-state index contributed by atoms with van der Waals surface area (Å²) in [6, 6.07) is 6.70. The van der Waals surface area contributed by atoms with E-state index in [0.717, 1.165) is 22.2 Å². The Labute approximate surface area is 188 Å². The number of imide groups is 1. The zero-order valence-corrected chi connectivity index (χ0v) is 19.2. The van der Waals surface area contributed by atoms with Crippen LogP contribution in [0.15, 0.2) is 36.5 Å². The lowest BCUT2D eigenvalue weighted by Gasteiger charge is -2.39. The largest absolute Gasteiger partial charge is 0.351 e. The highest BCUT2D eigenvalue weighted by Crippen LogP contribution is 2.51. The van der Waals surface area contributed by atoms with E-state index in [4.69, 9.17) is 0 Å². The van der Waals surface area contributed by atoms with Crippen LogP contribution in [0.5, 0.6) is 0 Å². The minimum absolute atomic E-state index is 0.0173. The number of pyridine rings is 1. The van der Waals surface area contributed by atoms with Crippen molar-refractivity contribution in [2.75, 3.05) is 4.90 Å². The summed E-state index contributed by atoms with van der Waals surface area (Å²) >= 11 is 0. The Kier molecular flexibility index (Phi) is 4.56. The van der Waals surface area contributed by atoms with Gasteiger partial charge in [-0.15, -0.1) is 0 Å². The lowest BCUT2D eigenvalue weighted by molar-refractivity contribution is -0.144. The van der Waals surface area contributed by atoms with Gasteiger partial charge in [-0.05, 0) is 25.0 Å². The number of ketones is 1. The summed E-state index contributed by atoms with van der Waals surface area (Å²) in [6.45, 7) is 9.52. The van der Waals surface area contributed by atoms with Crippen LogP contribution in [0.25, 0.3) is 17.0 Å². The van der Waals surface area contributed by atoms with Gasteiger partial charge in [0.05, 0.1) is 29.1 Å². The molecule has 4 heterocycles. The first-order valence-electron chi connectivity index (χ1n) is 11.4. The second-order valence-electron chi connectivity index (χ2n) is 10.2. The van der Waals surface area contributed by atoms with Crippen molar-refractivity contribution in [3.63, 3.8) is 0 Å². The number of aromatic nitrogens is 1. The minimum atomic E-state index is -0.702. The monoisotopic (exact) mass is 431 g/mol. The van der Waals surface area contributed by atoms with E-state index in [1.807, 2.05) is 75.9 Å². The standard InChI is InChI=1S/C26H29N3O3/c1-6-14(2)28-24(31)18-17-12-11-16-10-9-15-8-7-13-27-20(15)21(16)29(17)22(19(18)25(28)32)23(30)26(3,4)5/h7-14,17-19,22H,6H2,1-5H3/t14-,17+,18-,19-,22-/m0/s1. The Morgan fingerprint density at radius 3 is 2.53 bits per heavy atom. The van der Waals surface area contributed by atoms with Gasteiger partial charge in [-0.2, -0.15) is 0 Å². The van der Waals surface area contributed by atoms with Crippen molar-refractivity contribution < 1.29 is 14.4 Å². The van der Waals surface area contributed by atoms with Crippen LogP contribution in [0.2, 0.25) is 0 Å². The number of rotatable bonds is 3. The number of hydrogen-bond donors (Lipinski definition) is 0. The summed E-state index contributed by atoms with van der Waals surface area (Å²) in [7, 11) is 0. The number of Topliss-reactive ketones (excluding diaryl/α,β-unsaturated/α-hetero) is 1. The molecule has 2 saturated heterocycles. The maximum Gasteiger partial charge on any atom is 0.235 e. The zero-order valence-electron chi connectivity index (χ0n) is 19.2. The molecule has 0 unspecified atom stereocenters. The van der Waals surface area contributed by atoms with Gasteiger partial charge >= 0.3 is 0 Å². The van der Waals surface area contributed by atoms with E-state index in [1.165, 1.54) is 4.90 Å². The van der Waals surface area contributed by atoms with Gasteiger partial charge in [0.15, 0.2) is 5.78 Å². The molecule has 0 radical (unpaired) electrons. The number of benzene rings is 1. The molecule has 5 rings (SSSR count). The number of nitrogens with zero attached hydrogens (tertiary/aromatic N) is 3. The van der Waals surface area contributed by atoms with Gasteiger partial charge in [0, 0.05) is 23.0 Å². The van der Waals surface area contributed by atoms with Crippen molar-refractivity contribution in [1.29, 1.82) is 0 Å². The third kappa shape index (κ3) is 2.71. The number of carbonyl (C=O) groups excluding carboxylic acids is 3. The quantitative estimate of drug-likeness (QED) is 0.691. The lowest BCUT2D eigenvalue weighted by atomic mass is 9.79. The second-order valence-corrected chi connectivity index (χ2v) is 10.2. The average molecular weight is 432 g/mol. The molecule has 1 aromatic heterocycles. The Morgan fingerprint density at radius 2 is 1.84 bits per heavy atom. The summed E-state index contributed by atoms with van der Waals surface area (Å²) < 4.78 is 0. The molecule has 0 aliphatic carbocycles. The van der Waals surface area contributed by atoms with E-state index < -0.39 is 23.3 Å². The van der Waals surface area contributed by atoms with Gasteiger partial charge in [0.1, 0.15) is 6.04 Å². The van der Waals surface area contributed by atoms with Gasteiger partial charge < -0.3 is 4.90 Å². The van der Waals surface area contributed by atoms with Crippen molar-refractivity contribution in [1.82, 2.24) is 9.88 Å². The van der Waals surface area contributed by atoms with Crippen molar-refractivity contribution in [3.8, 4) is 0 Å². The second kappa shape index (κ2) is 6.99. The topological polar surface area (TPSA) is 70.6 Å². The number of anilines is 1. The molecule has 5 atom stereocenters. The number of amides is 2. The molecule has 2 fully saturated rings. The highest BCUT2D eigenvalue weighted by molar-refractivity contribution is 6.13. The fourth-order valence-corrected chi connectivity index (χ4v) is 5.56. The lowest BCUT2D eigenvalue weighted by Crippen LogP contribution is -2.52. The molecule has 0 bridgehead atoms. The van der Waals surface area contributed by atoms with Gasteiger partial charge in [-0.3, -0.25) is 24.3 Å². The highest BCUT2D eigenvalue weighted by atomic mass is 16.2. The number of fused-ring (bicyclic) bond motifs is 7. The average Bonchev–Trinajstić information content (AvgIpc) is 3.24. The predicted octanol–water partition coefficient (Wildman–Crippen LogP) is 3.83. The molecular formula is C26H29N3O3. The Balaban J connectivity index is 1.74. The number of likely N-dealkylation sites (tertiary alicyclic amines) is 1. The number of hydrogen-bond acceptors (Lipinski definition) is 5. The van der Waals surface area contributed by atoms with Crippen molar-refractivity contribution in [2.24, 2.45) is 17.3 Å². The smallest absolute Gasteiger partial charge is 0.235 e. The summed E-state index contributed by atoms with van der Waals surface area (Å²) in [4.78, 5) is 49.1. The maximum absolute atomic E-state index is 13.8. The van der Waals surface area contributed by atoms with Gasteiger partial charge in [0.25, 0.3) is 0 Å². The van der Waals surface area contributed by atoms with E-state index in [0.29, 0.717) is 6.42 Å². The van der Waals surface area contributed by atoms with Crippen LogP contribution < -0.4 is 4.90 Å². The molecule has 0 saturated carbocycles. The predicted molar refractivity (Wildman–Crippen MR) is 124 cm³/mol. The Morgan fingerprint density at radius 1 is 1.12 bits per heavy atom. The Bertz CT molecular complexity index is 1180. The molecule has 166 valence electrons. The molecule has 1 aromatic carbocycles. The van der Waals surface area contributed by atoms with Crippen LogP contribution in [0, 0.1) is 17.3 Å². The van der Waals surface area contributed by atoms with Crippen LogP contribution in [-0.2, 0) is 14.4 Å². The van der Waals surface area contributed by atoms with E-state index in [-0.39, 0.29) is 29.7 Å².